The van der Waals surface area contributed by atoms with Gasteiger partial charge in [0.2, 0.25) is 0 Å². The molecular weight excluding hydrogens is 160 g/mol. The second kappa shape index (κ2) is 5.40. The van der Waals surface area contributed by atoms with Crippen LogP contribution in [-0.4, -0.2) is 13.1 Å². The monoisotopic (exact) mass is 174 g/mol. The fraction of sp³-hybridized carbons (Fsp3) is 0.875. The van der Waals surface area contributed by atoms with Crippen molar-refractivity contribution in [1.29, 1.82) is 5.26 Å². The fourth-order valence-electron chi connectivity index (χ4n) is 1.51. The van der Waals surface area contributed by atoms with Crippen LogP contribution in [0.2, 0.25) is 0 Å². The normalized spacial score (nSPS) is 30.2. The van der Waals surface area contributed by atoms with Gasteiger partial charge in [-0.05, 0) is 32.7 Å². The van der Waals surface area contributed by atoms with Crippen molar-refractivity contribution < 1.29 is 0 Å². The molecule has 0 aliphatic heterocycles. The van der Waals surface area contributed by atoms with Gasteiger partial charge in [0.25, 0.3) is 0 Å². The van der Waals surface area contributed by atoms with Crippen molar-refractivity contribution in [3.05, 3.63) is 0 Å². The second-order valence-electron chi connectivity index (χ2n) is 2.97. The van der Waals surface area contributed by atoms with Gasteiger partial charge < -0.3 is 5.32 Å². The van der Waals surface area contributed by atoms with E-state index in [9.17, 15) is 0 Å². The maximum atomic E-state index is 8.58. The zero-order valence-corrected chi connectivity index (χ0v) is 7.66. The average molecular weight is 175 g/mol. The molecule has 0 aromatic heterocycles. The van der Waals surface area contributed by atoms with Gasteiger partial charge in [-0.2, -0.15) is 5.26 Å². The molecule has 0 amide bonds. The number of nitrogens with zero attached hydrogens (tertiary/aromatic N) is 1. The molecule has 11 heavy (non-hydrogen) atoms. The molecule has 0 bridgehead atoms. The van der Waals surface area contributed by atoms with Gasteiger partial charge in [-0.3, -0.25) is 0 Å². The van der Waals surface area contributed by atoms with Crippen molar-refractivity contribution in [2.45, 2.75) is 31.7 Å². The molecule has 64 valence electrons. The molecule has 2 nitrogen and oxygen atoms in total. The van der Waals surface area contributed by atoms with Crippen LogP contribution >= 0.6 is 12.4 Å². The van der Waals surface area contributed by atoms with E-state index in [1.54, 1.807) is 0 Å². The molecule has 1 aliphatic carbocycles. The lowest BCUT2D eigenvalue weighted by Crippen LogP contribution is -2.29. The summed E-state index contributed by atoms with van der Waals surface area (Å²) in [5.74, 6) is 0.338. The minimum Gasteiger partial charge on any atom is -0.317 e. The van der Waals surface area contributed by atoms with Crippen LogP contribution in [0.3, 0.4) is 0 Å². The maximum Gasteiger partial charge on any atom is 0.0655 e. The third-order valence-electron chi connectivity index (χ3n) is 2.32. The van der Waals surface area contributed by atoms with Crippen molar-refractivity contribution >= 4 is 12.4 Å². The number of hydrogen-bond acceptors (Lipinski definition) is 2. The van der Waals surface area contributed by atoms with Crippen molar-refractivity contribution in [3.63, 3.8) is 0 Å². The quantitative estimate of drug-likeness (QED) is 0.657. The number of hydrogen-bond donors (Lipinski definition) is 1. The fourth-order valence-corrected chi connectivity index (χ4v) is 1.51. The van der Waals surface area contributed by atoms with Crippen LogP contribution in [0.1, 0.15) is 25.7 Å². The van der Waals surface area contributed by atoms with Gasteiger partial charge in [-0.25, -0.2) is 0 Å². The first kappa shape index (κ1) is 10.7. The molecule has 1 saturated carbocycles. The zero-order valence-electron chi connectivity index (χ0n) is 6.84. The van der Waals surface area contributed by atoms with Gasteiger partial charge in [-0.1, -0.05) is 0 Å². The molecule has 0 spiro atoms. The third kappa shape index (κ3) is 3.09. The van der Waals surface area contributed by atoms with Gasteiger partial charge >= 0.3 is 0 Å². The minimum absolute atomic E-state index is 0. The first-order chi connectivity index (χ1) is 4.86. The maximum absolute atomic E-state index is 8.58. The highest BCUT2D eigenvalue weighted by molar-refractivity contribution is 5.85. The SMILES string of the molecule is CNC1CCC(C#N)CC1.Cl. The Labute approximate surface area is 74.4 Å². The summed E-state index contributed by atoms with van der Waals surface area (Å²) >= 11 is 0. The summed E-state index contributed by atoms with van der Waals surface area (Å²) < 4.78 is 0. The van der Waals surface area contributed by atoms with E-state index in [4.69, 9.17) is 5.26 Å². The summed E-state index contributed by atoms with van der Waals surface area (Å²) in [6, 6.07) is 2.99. The summed E-state index contributed by atoms with van der Waals surface area (Å²) in [5.41, 5.74) is 0. The van der Waals surface area contributed by atoms with Crippen molar-refractivity contribution in [2.75, 3.05) is 7.05 Å². The van der Waals surface area contributed by atoms with Crippen LogP contribution in [0.4, 0.5) is 0 Å². The molecule has 1 aliphatic rings. The molecule has 0 heterocycles. The smallest absolute Gasteiger partial charge is 0.0655 e. The summed E-state index contributed by atoms with van der Waals surface area (Å²) in [4.78, 5) is 0. The van der Waals surface area contributed by atoms with Gasteiger partial charge in [0.1, 0.15) is 0 Å². The largest absolute Gasteiger partial charge is 0.317 e. The topological polar surface area (TPSA) is 35.8 Å². The Morgan fingerprint density at radius 1 is 1.27 bits per heavy atom. The highest BCUT2D eigenvalue weighted by atomic mass is 35.5. The van der Waals surface area contributed by atoms with Gasteiger partial charge in [0.05, 0.1) is 6.07 Å². The van der Waals surface area contributed by atoms with Crippen molar-refractivity contribution in [3.8, 4) is 6.07 Å². The lowest BCUT2D eigenvalue weighted by Gasteiger charge is -2.23. The summed E-state index contributed by atoms with van der Waals surface area (Å²) in [6.07, 6.45) is 4.52. The zero-order chi connectivity index (χ0) is 7.40. The molecule has 0 atom stereocenters. The summed E-state index contributed by atoms with van der Waals surface area (Å²) in [7, 11) is 2.00. The molecular formula is C8H15ClN2. The van der Waals surface area contributed by atoms with Crippen LogP contribution in [0.5, 0.6) is 0 Å². The van der Waals surface area contributed by atoms with Crippen molar-refractivity contribution in [2.24, 2.45) is 5.92 Å². The molecule has 0 aromatic carbocycles. The average Bonchev–Trinajstić information content (AvgIpc) is 2.05. The van der Waals surface area contributed by atoms with E-state index < -0.39 is 0 Å². The van der Waals surface area contributed by atoms with Crippen LogP contribution < -0.4 is 5.32 Å². The molecule has 3 heteroatoms. The molecule has 1 N–H and O–H groups in total. The Morgan fingerprint density at radius 3 is 2.18 bits per heavy atom. The Hall–Kier alpha value is -0.260. The standard InChI is InChI=1S/C8H14N2.ClH/c1-10-8-4-2-7(6-9)3-5-8;/h7-8,10H,2-5H2,1H3;1H. The predicted octanol–water partition coefficient (Wildman–Crippen LogP) is 1.71. The van der Waals surface area contributed by atoms with Crippen LogP contribution in [-0.2, 0) is 0 Å². The first-order valence-electron chi connectivity index (χ1n) is 3.93. The second-order valence-corrected chi connectivity index (χ2v) is 2.97. The number of rotatable bonds is 1. The van der Waals surface area contributed by atoms with Crippen LogP contribution in [0.25, 0.3) is 0 Å². The van der Waals surface area contributed by atoms with Gasteiger partial charge in [0, 0.05) is 12.0 Å². The molecule has 0 unspecified atom stereocenters. The molecule has 0 aromatic rings. The van der Waals surface area contributed by atoms with Crippen molar-refractivity contribution in [1.82, 2.24) is 5.32 Å². The van der Waals surface area contributed by atoms with E-state index in [1.807, 2.05) is 7.05 Å². The van der Waals surface area contributed by atoms with E-state index in [0.717, 1.165) is 12.8 Å². The first-order valence-corrected chi connectivity index (χ1v) is 3.93. The Kier molecular flexibility index (Phi) is 5.27. The highest BCUT2D eigenvalue weighted by Gasteiger charge is 2.18. The minimum atomic E-state index is 0. The Bertz CT molecular complexity index is 134. The lowest BCUT2D eigenvalue weighted by atomic mass is 9.87. The third-order valence-corrected chi connectivity index (χ3v) is 2.32. The van der Waals surface area contributed by atoms with Gasteiger partial charge in [-0.15, -0.1) is 12.4 Å². The molecule has 0 radical (unpaired) electrons. The predicted molar refractivity (Wildman–Crippen MR) is 47.7 cm³/mol. The van der Waals surface area contributed by atoms with Gasteiger partial charge in [0.15, 0.2) is 0 Å². The number of nitriles is 1. The number of halogens is 1. The van der Waals surface area contributed by atoms with E-state index in [0.29, 0.717) is 12.0 Å². The molecule has 0 saturated heterocycles. The van der Waals surface area contributed by atoms with E-state index in [2.05, 4.69) is 11.4 Å². The lowest BCUT2D eigenvalue weighted by molar-refractivity contribution is 0.347. The van der Waals surface area contributed by atoms with Crippen LogP contribution in [0, 0.1) is 17.2 Å². The summed E-state index contributed by atoms with van der Waals surface area (Å²) in [5, 5.41) is 11.8. The van der Waals surface area contributed by atoms with E-state index in [1.165, 1.54) is 12.8 Å². The van der Waals surface area contributed by atoms with Crippen LogP contribution in [0.15, 0.2) is 0 Å². The summed E-state index contributed by atoms with van der Waals surface area (Å²) in [6.45, 7) is 0. The Morgan fingerprint density at radius 2 is 1.82 bits per heavy atom. The van der Waals surface area contributed by atoms with E-state index in [-0.39, 0.29) is 12.4 Å². The van der Waals surface area contributed by atoms with E-state index >= 15 is 0 Å². The Balaban J connectivity index is 0.000001000. The highest BCUT2D eigenvalue weighted by Crippen LogP contribution is 2.22. The molecule has 1 fully saturated rings. The number of nitrogens with one attached hydrogen (secondary N) is 1. The molecule has 1 rings (SSSR count).